The van der Waals surface area contributed by atoms with Crippen molar-refractivity contribution >= 4 is 11.4 Å². The summed E-state index contributed by atoms with van der Waals surface area (Å²) in [7, 11) is 0. The third kappa shape index (κ3) is 2.24. The van der Waals surface area contributed by atoms with Crippen LogP contribution in [0.3, 0.4) is 0 Å². The standard InChI is InChI=1S/C20H34N2O2/c1-3-19(15-11-7-5-8-12-15)17(21-23)20(4-2,18(19)22-24)16-13-9-6-10-14-16/h15-16,23-24H,3-14H2,1-2H3. The van der Waals surface area contributed by atoms with E-state index in [1.54, 1.807) is 0 Å². The second-order valence-corrected chi connectivity index (χ2v) is 8.22. The monoisotopic (exact) mass is 334 g/mol. The third-order valence-corrected chi connectivity index (χ3v) is 7.61. The van der Waals surface area contributed by atoms with Gasteiger partial charge in [0, 0.05) is 0 Å². The summed E-state index contributed by atoms with van der Waals surface area (Å²) in [5.74, 6) is 0.938. The van der Waals surface area contributed by atoms with E-state index in [1.807, 2.05) is 0 Å². The molecule has 3 aliphatic carbocycles. The molecule has 4 heteroatoms. The molecule has 3 saturated carbocycles. The molecule has 24 heavy (non-hydrogen) atoms. The Kier molecular flexibility index (Phi) is 5.22. The van der Waals surface area contributed by atoms with E-state index in [9.17, 15) is 10.4 Å². The molecule has 0 bridgehead atoms. The fourth-order valence-corrected chi connectivity index (χ4v) is 6.53. The van der Waals surface area contributed by atoms with E-state index >= 15 is 0 Å². The average Bonchev–Trinajstić information content (AvgIpc) is 2.64. The van der Waals surface area contributed by atoms with E-state index in [4.69, 9.17) is 0 Å². The average molecular weight is 335 g/mol. The van der Waals surface area contributed by atoms with Crippen molar-refractivity contribution in [2.75, 3.05) is 0 Å². The molecule has 0 atom stereocenters. The van der Waals surface area contributed by atoms with Crippen molar-refractivity contribution in [1.82, 2.24) is 0 Å². The summed E-state index contributed by atoms with van der Waals surface area (Å²) in [6, 6.07) is 0. The molecule has 0 aromatic heterocycles. The zero-order valence-corrected chi connectivity index (χ0v) is 15.4. The molecule has 3 aliphatic rings. The van der Waals surface area contributed by atoms with Gasteiger partial charge in [0.2, 0.25) is 0 Å². The molecule has 0 aromatic carbocycles. The number of nitrogens with zero attached hydrogens (tertiary/aromatic N) is 2. The minimum absolute atomic E-state index is 0.294. The minimum atomic E-state index is -0.294. The molecule has 0 heterocycles. The quantitative estimate of drug-likeness (QED) is 0.518. The van der Waals surface area contributed by atoms with Gasteiger partial charge in [0.25, 0.3) is 0 Å². The lowest BCUT2D eigenvalue weighted by Crippen LogP contribution is -2.72. The molecule has 3 fully saturated rings. The topological polar surface area (TPSA) is 65.2 Å². The number of hydrogen-bond acceptors (Lipinski definition) is 4. The molecule has 0 unspecified atom stereocenters. The van der Waals surface area contributed by atoms with Gasteiger partial charge < -0.3 is 10.4 Å². The maximum Gasteiger partial charge on any atom is 0.0814 e. The van der Waals surface area contributed by atoms with Gasteiger partial charge in [0.05, 0.1) is 22.3 Å². The summed E-state index contributed by atoms with van der Waals surface area (Å²) < 4.78 is 0. The molecule has 2 N–H and O–H groups in total. The highest BCUT2D eigenvalue weighted by Gasteiger charge is 2.70. The summed E-state index contributed by atoms with van der Waals surface area (Å²) in [6.07, 6.45) is 14.0. The Balaban J connectivity index is 2.03. The van der Waals surface area contributed by atoms with Crippen molar-refractivity contribution in [3.05, 3.63) is 0 Å². The largest absolute Gasteiger partial charge is 0.411 e. The van der Waals surface area contributed by atoms with E-state index in [0.29, 0.717) is 11.8 Å². The Morgan fingerprint density at radius 2 is 1.04 bits per heavy atom. The Morgan fingerprint density at radius 1 is 0.708 bits per heavy atom. The second-order valence-electron chi connectivity index (χ2n) is 8.22. The van der Waals surface area contributed by atoms with Crippen LogP contribution in [0.5, 0.6) is 0 Å². The SMILES string of the molecule is CCC1(C2CCCCC2)C(=NO)C(CC)(C2CCCCC2)C1=NO. The van der Waals surface area contributed by atoms with Crippen LogP contribution in [0.15, 0.2) is 10.3 Å². The zero-order valence-electron chi connectivity index (χ0n) is 15.4. The Hall–Kier alpha value is -1.06. The van der Waals surface area contributed by atoms with Crippen LogP contribution in [0.4, 0.5) is 0 Å². The van der Waals surface area contributed by atoms with Crippen molar-refractivity contribution in [2.24, 2.45) is 33.0 Å². The first-order chi connectivity index (χ1) is 11.7. The first kappa shape index (κ1) is 17.8. The van der Waals surface area contributed by atoms with Gasteiger partial charge in [-0.1, -0.05) is 62.7 Å². The Labute approximate surface area is 146 Å². The molecule has 0 aliphatic heterocycles. The first-order valence-corrected chi connectivity index (χ1v) is 10.2. The molecule has 136 valence electrons. The van der Waals surface area contributed by atoms with Crippen LogP contribution in [-0.2, 0) is 0 Å². The summed E-state index contributed by atoms with van der Waals surface area (Å²) in [5, 5.41) is 27.9. The molecule has 0 radical (unpaired) electrons. The minimum Gasteiger partial charge on any atom is -0.411 e. The van der Waals surface area contributed by atoms with Gasteiger partial charge in [-0.2, -0.15) is 0 Å². The molecule has 4 nitrogen and oxygen atoms in total. The predicted octanol–water partition coefficient (Wildman–Crippen LogP) is 5.61. The van der Waals surface area contributed by atoms with Crippen molar-refractivity contribution in [2.45, 2.75) is 90.9 Å². The maximum atomic E-state index is 10.0. The number of hydrogen-bond donors (Lipinski definition) is 2. The molecule has 3 rings (SSSR count). The van der Waals surface area contributed by atoms with E-state index in [-0.39, 0.29) is 10.8 Å². The van der Waals surface area contributed by atoms with Crippen LogP contribution < -0.4 is 0 Å². The van der Waals surface area contributed by atoms with Crippen LogP contribution in [0.2, 0.25) is 0 Å². The smallest absolute Gasteiger partial charge is 0.0814 e. The first-order valence-electron chi connectivity index (χ1n) is 10.2. The molecule has 0 spiro atoms. The normalized spacial score (nSPS) is 35.6. The lowest BCUT2D eigenvalue weighted by molar-refractivity contribution is 0.126. The molecule has 0 amide bonds. The fraction of sp³-hybridized carbons (Fsp3) is 0.900. The van der Waals surface area contributed by atoms with Crippen LogP contribution in [0, 0.1) is 22.7 Å². The van der Waals surface area contributed by atoms with E-state index in [1.165, 1.54) is 38.5 Å². The van der Waals surface area contributed by atoms with Crippen molar-refractivity contribution < 1.29 is 10.4 Å². The van der Waals surface area contributed by atoms with Gasteiger partial charge in [-0.25, -0.2) is 0 Å². The summed E-state index contributed by atoms with van der Waals surface area (Å²) >= 11 is 0. The predicted molar refractivity (Wildman–Crippen MR) is 97.0 cm³/mol. The third-order valence-electron chi connectivity index (χ3n) is 7.61. The van der Waals surface area contributed by atoms with Gasteiger partial charge in [-0.05, 0) is 50.4 Å². The van der Waals surface area contributed by atoms with E-state index in [0.717, 1.165) is 49.9 Å². The lowest BCUT2D eigenvalue weighted by Gasteiger charge is -2.63. The van der Waals surface area contributed by atoms with Crippen molar-refractivity contribution in [3.8, 4) is 0 Å². The second kappa shape index (κ2) is 7.05. The van der Waals surface area contributed by atoms with Gasteiger partial charge in [0.1, 0.15) is 0 Å². The zero-order chi connectivity index (χ0) is 17.2. The van der Waals surface area contributed by atoms with Gasteiger partial charge >= 0.3 is 0 Å². The van der Waals surface area contributed by atoms with E-state index < -0.39 is 0 Å². The highest BCUT2D eigenvalue weighted by atomic mass is 16.4. The summed E-state index contributed by atoms with van der Waals surface area (Å²) in [5.41, 5.74) is 1.31. The van der Waals surface area contributed by atoms with Crippen LogP contribution >= 0.6 is 0 Å². The number of oxime groups is 2. The molecular weight excluding hydrogens is 300 g/mol. The Bertz CT molecular complexity index is 442. The molecule has 0 aromatic rings. The van der Waals surface area contributed by atoms with Gasteiger partial charge in [-0.3, -0.25) is 0 Å². The summed E-state index contributed by atoms with van der Waals surface area (Å²) in [4.78, 5) is 0. The highest BCUT2D eigenvalue weighted by Crippen LogP contribution is 2.64. The van der Waals surface area contributed by atoms with Crippen molar-refractivity contribution in [1.29, 1.82) is 0 Å². The summed E-state index contributed by atoms with van der Waals surface area (Å²) in [6.45, 7) is 4.34. The lowest BCUT2D eigenvalue weighted by atomic mass is 9.38. The molecular formula is C20H34N2O2. The number of rotatable bonds is 4. The van der Waals surface area contributed by atoms with E-state index in [2.05, 4.69) is 24.2 Å². The van der Waals surface area contributed by atoms with Crippen LogP contribution in [-0.4, -0.2) is 21.8 Å². The Morgan fingerprint density at radius 3 is 1.29 bits per heavy atom. The molecule has 0 saturated heterocycles. The van der Waals surface area contributed by atoms with Gasteiger partial charge in [-0.15, -0.1) is 0 Å². The fourth-order valence-electron chi connectivity index (χ4n) is 6.53. The maximum absolute atomic E-state index is 10.0. The van der Waals surface area contributed by atoms with Crippen LogP contribution in [0.25, 0.3) is 0 Å². The van der Waals surface area contributed by atoms with Crippen molar-refractivity contribution in [3.63, 3.8) is 0 Å². The van der Waals surface area contributed by atoms with Crippen LogP contribution in [0.1, 0.15) is 90.9 Å². The van der Waals surface area contributed by atoms with Gasteiger partial charge in [0.15, 0.2) is 0 Å². The highest BCUT2D eigenvalue weighted by molar-refractivity contribution is 6.35.